The summed E-state index contributed by atoms with van der Waals surface area (Å²) in [7, 11) is 0. The molecule has 20 heavy (non-hydrogen) atoms. The van der Waals surface area contributed by atoms with E-state index in [1.165, 1.54) is 6.07 Å². The molecule has 0 aromatic heterocycles. The Balaban J connectivity index is 1.80. The quantitative estimate of drug-likeness (QED) is 0.864. The highest BCUT2D eigenvalue weighted by Gasteiger charge is 2.31. The zero-order valence-electron chi connectivity index (χ0n) is 11.4. The average molecular weight is 343 g/mol. The molecule has 1 aliphatic carbocycles. The molecule has 3 N–H and O–H groups in total. The zero-order valence-corrected chi connectivity index (χ0v) is 13.0. The van der Waals surface area contributed by atoms with Crippen molar-refractivity contribution in [2.45, 2.75) is 25.7 Å². The fourth-order valence-electron chi connectivity index (χ4n) is 2.82. The molecule has 1 fully saturated rings. The van der Waals surface area contributed by atoms with Gasteiger partial charge < -0.3 is 11.1 Å². The maximum Gasteiger partial charge on any atom is 0.223 e. The molecule has 1 saturated carbocycles. The molecule has 110 valence electrons. The summed E-state index contributed by atoms with van der Waals surface area (Å²) in [6.07, 6.45) is 3.78. The second kappa shape index (κ2) is 7.18. The van der Waals surface area contributed by atoms with Crippen molar-refractivity contribution in [3.63, 3.8) is 0 Å². The first-order chi connectivity index (χ1) is 9.61. The number of halogens is 2. The minimum atomic E-state index is -0.269. The molecule has 1 aliphatic rings. The number of nitrogens with two attached hydrogens (primary N) is 1. The number of amides is 1. The molecule has 0 heterocycles. The van der Waals surface area contributed by atoms with Crippen LogP contribution in [0.2, 0.25) is 0 Å². The van der Waals surface area contributed by atoms with Crippen LogP contribution in [0.5, 0.6) is 0 Å². The normalized spacial score (nSPS) is 21.9. The third-order valence-electron chi connectivity index (χ3n) is 4.00. The van der Waals surface area contributed by atoms with Crippen molar-refractivity contribution in [2.75, 3.05) is 13.1 Å². The highest BCUT2D eigenvalue weighted by Crippen LogP contribution is 2.30. The van der Waals surface area contributed by atoms with Crippen molar-refractivity contribution in [2.24, 2.45) is 17.6 Å². The largest absolute Gasteiger partial charge is 0.356 e. The maximum atomic E-state index is 13.1. The van der Waals surface area contributed by atoms with Gasteiger partial charge in [-0.1, -0.05) is 12.5 Å². The highest BCUT2D eigenvalue weighted by atomic mass is 79.9. The molecule has 0 unspecified atom stereocenters. The molecular formula is C15H20BrFN2O. The standard InChI is InChI=1S/C15H20BrFN2O/c16-13-8-10(4-5-14(13)17)6-7-19-15(20)12-3-1-2-11(12)9-18/h4-5,8,11-12H,1-3,6-7,9,18H2,(H,19,20)/t11-,12-/m1/s1. The van der Waals surface area contributed by atoms with E-state index < -0.39 is 0 Å². The lowest BCUT2D eigenvalue weighted by atomic mass is 9.95. The van der Waals surface area contributed by atoms with Gasteiger partial charge in [0.25, 0.3) is 0 Å². The number of benzene rings is 1. The molecule has 0 radical (unpaired) electrons. The predicted octanol–water partition coefficient (Wildman–Crippen LogP) is 2.62. The highest BCUT2D eigenvalue weighted by molar-refractivity contribution is 9.10. The summed E-state index contributed by atoms with van der Waals surface area (Å²) in [5.74, 6) is 0.239. The van der Waals surface area contributed by atoms with Crippen LogP contribution in [-0.4, -0.2) is 19.0 Å². The second-order valence-corrected chi connectivity index (χ2v) is 6.18. The number of nitrogens with one attached hydrogen (secondary N) is 1. The van der Waals surface area contributed by atoms with Crippen molar-refractivity contribution >= 4 is 21.8 Å². The Morgan fingerprint density at radius 3 is 2.95 bits per heavy atom. The van der Waals surface area contributed by atoms with E-state index in [4.69, 9.17) is 5.73 Å². The SMILES string of the molecule is NC[C@H]1CCC[C@H]1C(=O)NCCc1ccc(F)c(Br)c1. The number of carbonyl (C=O) groups excluding carboxylic acids is 1. The van der Waals surface area contributed by atoms with Crippen molar-refractivity contribution in [3.05, 3.63) is 34.1 Å². The van der Waals surface area contributed by atoms with Crippen LogP contribution in [0.1, 0.15) is 24.8 Å². The molecule has 2 atom stereocenters. The van der Waals surface area contributed by atoms with Crippen LogP contribution in [0.25, 0.3) is 0 Å². The van der Waals surface area contributed by atoms with Gasteiger partial charge in [-0.2, -0.15) is 0 Å². The summed E-state index contributed by atoms with van der Waals surface area (Å²) in [6, 6.07) is 4.92. The summed E-state index contributed by atoms with van der Waals surface area (Å²) >= 11 is 3.16. The lowest BCUT2D eigenvalue weighted by Crippen LogP contribution is -2.36. The molecule has 5 heteroatoms. The number of hydrogen-bond acceptors (Lipinski definition) is 2. The Morgan fingerprint density at radius 2 is 2.25 bits per heavy atom. The van der Waals surface area contributed by atoms with E-state index in [2.05, 4.69) is 21.2 Å². The molecular weight excluding hydrogens is 323 g/mol. The van der Waals surface area contributed by atoms with Crippen molar-refractivity contribution < 1.29 is 9.18 Å². The monoisotopic (exact) mass is 342 g/mol. The predicted molar refractivity (Wildman–Crippen MR) is 80.7 cm³/mol. The third-order valence-corrected chi connectivity index (χ3v) is 4.60. The molecule has 1 amide bonds. The fourth-order valence-corrected chi connectivity index (χ4v) is 3.25. The molecule has 1 aromatic rings. The van der Waals surface area contributed by atoms with Gasteiger partial charge in [-0.25, -0.2) is 4.39 Å². The van der Waals surface area contributed by atoms with E-state index in [-0.39, 0.29) is 17.6 Å². The van der Waals surface area contributed by atoms with Gasteiger partial charge in [-0.15, -0.1) is 0 Å². The van der Waals surface area contributed by atoms with E-state index >= 15 is 0 Å². The summed E-state index contributed by atoms with van der Waals surface area (Å²) in [4.78, 5) is 12.1. The van der Waals surface area contributed by atoms with E-state index in [0.717, 1.165) is 24.8 Å². The fraction of sp³-hybridized carbons (Fsp3) is 0.533. The van der Waals surface area contributed by atoms with Gasteiger partial charge in [0, 0.05) is 12.5 Å². The van der Waals surface area contributed by atoms with E-state index in [9.17, 15) is 9.18 Å². The minimum absolute atomic E-state index is 0.0694. The van der Waals surface area contributed by atoms with Crippen LogP contribution < -0.4 is 11.1 Å². The van der Waals surface area contributed by atoms with Crippen LogP contribution in [0.3, 0.4) is 0 Å². The van der Waals surface area contributed by atoms with Crippen molar-refractivity contribution in [3.8, 4) is 0 Å². The molecule has 1 aromatic carbocycles. The Morgan fingerprint density at radius 1 is 1.45 bits per heavy atom. The first-order valence-electron chi connectivity index (χ1n) is 7.03. The lowest BCUT2D eigenvalue weighted by molar-refractivity contribution is -0.125. The van der Waals surface area contributed by atoms with E-state index in [0.29, 0.717) is 29.9 Å². The zero-order chi connectivity index (χ0) is 14.5. The molecule has 3 nitrogen and oxygen atoms in total. The minimum Gasteiger partial charge on any atom is -0.356 e. The van der Waals surface area contributed by atoms with Gasteiger partial charge >= 0.3 is 0 Å². The smallest absolute Gasteiger partial charge is 0.223 e. The van der Waals surface area contributed by atoms with Gasteiger partial charge in [-0.3, -0.25) is 4.79 Å². The third kappa shape index (κ3) is 3.79. The molecule has 2 rings (SSSR count). The topological polar surface area (TPSA) is 55.1 Å². The van der Waals surface area contributed by atoms with Crippen LogP contribution in [0, 0.1) is 17.7 Å². The van der Waals surface area contributed by atoms with Crippen LogP contribution in [0.4, 0.5) is 4.39 Å². The Bertz CT molecular complexity index is 481. The maximum absolute atomic E-state index is 13.1. The van der Waals surface area contributed by atoms with Gasteiger partial charge in [0.1, 0.15) is 5.82 Å². The molecule has 0 saturated heterocycles. The Hall–Kier alpha value is -0.940. The van der Waals surface area contributed by atoms with Crippen molar-refractivity contribution in [1.29, 1.82) is 0 Å². The average Bonchev–Trinajstić information content (AvgIpc) is 2.91. The number of rotatable bonds is 5. The van der Waals surface area contributed by atoms with Gasteiger partial charge in [-0.05, 0) is 65.4 Å². The van der Waals surface area contributed by atoms with E-state index in [1.807, 2.05) is 0 Å². The molecule has 0 bridgehead atoms. The Kier molecular flexibility index (Phi) is 5.54. The van der Waals surface area contributed by atoms with Gasteiger partial charge in [0.2, 0.25) is 5.91 Å². The Labute approximate surface area is 127 Å². The van der Waals surface area contributed by atoms with Crippen molar-refractivity contribution in [1.82, 2.24) is 5.32 Å². The second-order valence-electron chi connectivity index (χ2n) is 5.32. The van der Waals surface area contributed by atoms with Crippen LogP contribution >= 0.6 is 15.9 Å². The summed E-state index contributed by atoms with van der Waals surface area (Å²) < 4.78 is 13.6. The lowest BCUT2D eigenvalue weighted by Gasteiger charge is -2.17. The van der Waals surface area contributed by atoms with Crippen LogP contribution in [-0.2, 0) is 11.2 Å². The first-order valence-corrected chi connectivity index (χ1v) is 7.83. The summed E-state index contributed by atoms with van der Waals surface area (Å²) in [5.41, 5.74) is 6.69. The van der Waals surface area contributed by atoms with E-state index in [1.54, 1.807) is 12.1 Å². The molecule has 0 spiro atoms. The molecule has 0 aliphatic heterocycles. The van der Waals surface area contributed by atoms with Crippen LogP contribution in [0.15, 0.2) is 22.7 Å². The summed E-state index contributed by atoms with van der Waals surface area (Å²) in [5, 5.41) is 2.97. The van der Waals surface area contributed by atoms with Gasteiger partial charge in [0.05, 0.1) is 4.47 Å². The first kappa shape index (κ1) is 15.4. The number of carbonyl (C=O) groups is 1. The summed E-state index contributed by atoms with van der Waals surface area (Å²) in [6.45, 7) is 1.16. The number of hydrogen-bond donors (Lipinski definition) is 2. The van der Waals surface area contributed by atoms with Gasteiger partial charge in [0.15, 0.2) is 0 Å².